The summed E-state index contributed by atoms with van der Waals surface area (Å²) in [4.78, 5) is -0.156. The number of nitrogens with two attached hydrogens (primary N) is 1. The number of anilines is 1. The molecule has 0 radical (unpaired) electrons. The summed E-state index contributed by atoms with van der Waals surface area (Å²) in [6.45, 7) is 0. The molecular weight excluding hydrogens is 211 g/mol. The molecule has 74 valence electrons. The summed E-state index contributed by atoms with van der Waals surface area (Å²) in [5.41, 5.74) is 5.86. The van der Waals surface area contributed by atoms with Gasteiger partial charge >= 0.3 is 0 Å². The van der Waals surface area contributed by atoms with Crippen molar-refractivity contribution in [3.8, 4) is 0 Å². The molecule has 2 aromatic rings. The second kappa shape index (κ2) is 3.16. The van der Waals surface area contributed by atoms with E-state index in [2.05, 4.69) is 0 Å². The zero-order valence-electron chi connectivity index (χ0n) is 6.93. The average Bonchev–Trinajstić information content (AvgIpc) is 2.57. The van der Waals surface area contributed by atoms with E-state index in [9.17, 15) is 13.2 Å². The molecular formula is C9H6F3NS. The molecule has 0 aliphatic carbocycles. The predicted molar refractivity (Wildman–Crippen MR) is 51.2 cm³/mol. The van der Waals surface area contributed by atoms with Gasteiger partial charge in [-0.1, -0.05) is 0 Å². The Morgan fingerprint density at radius 3 is 2.57 bits per heavy atom. The fourth-order valence-electron chi connectivity index (χ4n) is 1.24. The normalized spacial score (nSPS) is 11.4. The van der Waals surface area contributed by atoms with Crippen LogP contribution in [0.25, 0.3) is 10.1 Å². The Morgan fingerprint density at radius 1 is 1.29 bits per heavy atom. The lowest BCUT2D eigenvalue weighted by Gasteiger charge is -1.95. The van der Waals surface area contributed by atoms with Gasteiger partial charge in [-0.25, -0.2) is 13.2 Å². The van der Waals surface area contributed by atoms with Crippen LogP contribution in [0.3, 0.4) is 0 Å². The second-order valence-corrected chi connectivity index (χ2v) is 3.91. The van der Waals surface area contributed by atoms with Gasteiger partial charge in [0.2, 0.25) is 0 Å². The number of benzene rings is 1. The highest BCUT2D eigenvalue weighted by atomic mass is 32.1. The maximum Gasteiger partial charge on any atom is 0.272 e. The Balaban J connectivity index is 2.75. The van der Waals surface area contributed by atoms with Crippen molar-refractivity contribution >= 4 is 27.1 Å². The van der Waals surface area contributed by atoms with Crippen molar-refractivity contribution in [3.05, 3.63) is 28.9 Å². The molecule has 0 aliphatic heterocycles. The SMILES string of the molecule is Nc1ccc(F)c2sc(C(F)F)cc12. The first-order chi connectivity index (χ1) is 6.59. The first-order valence-corrected chi connectivity index (χ1v) is 4.67. The maximum absolute atomic E-state index is 13.2. The van der Waals surface area contributed by atoms with Crippen molar-refractivity contribution < 1.29 is 13.2 Å². The average molecular weight is 217 g/mol. The molecule has 1 heterocycles. The van der Waals surface area contributed by atoms with Gasteiger partial charge in [-0.15, -0.1) is 11.3 Å². The number of rotatable bonds is 1. The Kier molecular flexibility index (Phi) is 2.11. The van der Waals surface area contributed by atoms with Crippen molar-refractivity contribution in [1.82, 2.24) is 0 Å². The van der Waals surface area contributed by atoms with Gasteiger partial charge in [0.25, 0.3) is 6.43 Å². The van der Waals surface area contributed by atoms with E-state index in [1.165, 1.54) is 18.2 Å². The highest BCUT2D eigenvalue weighted by Gasteiger charge is 2.14. The Bertz CT molecular complexity index is 439. The summed E-state index contributed by atoms with van der Waals surface area (Å²) in [5.74, 6) is -0.508. The third-order valence-electron chi connectivity index (χ3n) is 1.90. The summed E-state index contributed by atoms with van der Waals surface area (Å²) in [5, 5.41) is 0.366. The van der Waals surface area contributed by atoms with Gasteiger partial charge in [-0.05, 0) is 18.2 Å². The van der Waals surface area contributed by atoms with E-state index in [0.29, 0.717) is 11.1 Å². The van der Waals surface area contributed by atoms with Crippen LogP contribution < -0.4 is 5.73 Å². The summed E-state index contributed by atoms with van der Waals surface area (Å²) in [6.07, 6.45) is -2.58. The van der Waals surface area contributed by atoms with Crippen LogP contribution in [0.15, 0.2) is 18.2 Å². The highest BCUT2D eigenvalue weighted by molar-refractivity contribution is 7.19. The molecule has 0 saturated heterocycles. The minimum Gasteiger partial charge on any atom is -0.398 e. The van der Waals surface area contributed by atoms with E-state index in [1.807, 2.05) is 0 Å². The topological polar surface area (TPSA) is 26.0 Å². The van der Waals surface area contributed by atoms with Crippen LogP contribution in [0.5, 0.6) is 0 Å². The van der Waals surface area contributed by atoms with Crippen LogP contribution in [-0.2, 0) is 0 Å². The van der Waals surface area contributed by atoms with Crippen LogP contribution in [0.1, 0.15) is 11.3 Å². The summed E-state index contributed by atoms with van der Waals surface area (Å²) in [7, 11) is 0. The zero-order valence-corrected chi connectivity index (χ0v) is 7.75. The Morgan fingerprint density at radius 2 is 2.00 bits per heavy atom. The molecule has 1 aromatic carbocycles. The molecule has 0 bridgehead atoms. The Hall–Kier alpha value is -1.23. The van der Waals surface area contributed by atoms with Crippen molar-refractivity contribution in [1.29, 1.82) is 0 Å². The standard InChI is InChI=1S/C9H6F3NS/c10-5-1-2-6(13)4-3-7(9(11)12)14-8(4)5/h1-3,9H,13H2. The molecule has 0 atom stereocenters. The van der Waals surface area contributed by atoms with Crippen LogP contribution >= 0.6 is 11.3 Å². The molecule has 1 aromatic heterocycles. The summed E-state index contributed by atoms with van der Waals surface area (Å²) < 4.78 is 38.0. The van der Waals surface area contributed by atoms with E-state index in [-0.39, 0.29) is 9.58 Å². The zero-order chi connectivity index (χ0) is 10.3. The lowest BCUT2D eigenvalue weighted by atomic mass is 10.2. The first-order valence-electron chi connectivity index (χ1n) is 3.85. The van der Waals surface area contributed by atoms with Gasteiger partial charge in [-0.2, -0.15) is 0 Å². The number of halogens is 3. The minimum atomic E-state index is -2.58. The third kappa shape index (κ3) is 1.33. The number of alkyl halides is 2. The van der Waals surface area contributed by atoms with Crippen molar-refractivity contribution in [2.75, 3.05) is 5.73 Å². The van der Waals surface area contributed by atoms with Crippen LogP contribution in [0, 0.1) is 5.82 Å². The minimum absolute atomic E-state index is 0.156. The van der Waals surface area contributed by atoms with Gasteiger partial charge < -0.3 is 5.73 Å². The van der Waals surface area contributed by atoms with Gasteiger partial charge in [0.15, 0.2) is 0 Å². The van der Waals surface area contributed by atoms with Crippen molar-refractivity contribution in [2.45, 2.75) is 6.43 Å². The first kappa shape index (κ1) is 9.33. The van der Waals surface area contributed by atoms with E-state index < -0.39 is 12.2 Å². The van der Waals surface area contributed by atoms with E-state index in [1.54, 1.807) is 0 Å². The Labute approximate surface area is 82.0 Å². The number of hydrogen-bond acceptors (Lipinski definition) is 2. The monoisotopic (exact) mass is 217 g/mol. The molecule has 0 spiro atoms. The maximum atomic E-state index is 13.2. The molecule has 0 unspecified atom stereocenters. The number of thiophene rings is 1. The van der Waals surface area contributed by atoms with E-state index in [0.717, 1.165) is 11.3 Å². The summed E-state index contributed by atoms with van der Waals surface area (Å²) in [6, 6.07) is 3.80. The molecule has 14 heavy (non-hydrogen) atoms. The quantitative estimate of drug-likeness (QED) is 0.726. The fourth-order valence-corrected chi connectivity index (χ4v) is 2.19. The van der Waals surface area contributed by atoms with Crippen LogP contribution in [-0.4, -0.2) is 0 Å². The van der Waals surface area contributed by atoms with Gasteiger partial charge in [-0.3, -0.25) is 0 Å². The second-order valence-electron chi connectivity index (χ2n) is 2.83. The molecule has 0 amide bonds. The molecule has 1 nitrogen and oxygen atoms in total. The van der Waals surface area contributed by atoms with Gasteiger partial charge in [0.1, 0.15) is 5.82 Å². The number of fused-ring (bicyclic) bond motifs is 1. The highest BCUT2D eigenvalue weighted by Crippen LogP contribution is 2.36. The molecule has 2 rings (SSSR count). The van der Waals surface area contributed by atoms with Gasteiger partial charge in [0.05, 0.1) is 9.58 Å². The number of hydrogen-bond donors (Lipinski definition) is 1. The lowest BCUT2D eigenvalue weighted by molar-refractivity contribution is 0.156. The molecule has 0 fully saturated rings. The van der Waals surface area contributed by atoms with Crippen LogP contribution in [0.4, 0.5) is 18.9 Å². The van der Waals surface area contributed by atoms with E-state index in [4.69, 9.17) is 5.73 Å². The molecule has 0 aliphatic rings. The molecule has 0 saturated carbocycles. The van der Waals surface area contributed by atoms with Crippen molar-refractivity contribution in [3.63, 3.8) is 0 Å². The lowest BCUT2D eigenvalue weighted by Crippen LogP contribution is -1.85. The van der Waals surface area contributed by atoms with E-state index >= 15 is 0 Å². The van der Waals surface area contributed by atoms with Gasteiger partial charge in [0, 0.05) is 11.1 Å². The number of nitrogen functional groups attached to an aromatic ring is 1. The predicted octanol–water partition coefficient (Wildman–Crippen LogP) is 3.56. The summed E-state index contributed by atoms with van der Waals surface area (Å²) >= 11 is 0.741. The fraction of sp³-hybridized carbons (Fsp3) is 0.111. The van der Waals surface area contributed by atoms with Crippen molar-refractivity contribution in [2.24, 2.45) is 0 Å². The third-order valence-corrected chi connectivity index (χ3v) is 3.05. The molecule has 5 heteroatoms. The van der Waals surface area contributed by atoms with Crippen LogP contribution in [0.2, 0.25) is 0 Å². The molecule has 2 N–H and O–H groups in total. The largest absolute Gasteiger partial charge is 0.398 e. The smallest absolute Gasteiger partial charge is 0.272 e.